The van der Waals surface area contributed by atoms with E-state index in [1.807, 2.05) is 0 Å². The molecule has 2 heterocycles. The van der Waals surface area contributed by atoms with E-state index in [-0.39, 0.29) is 35.8 Å². The van der Waals surface area contributed by atoms with Crippen molar-refractivity contribution in [1.82, 2.24) is 4.90 Å². The largest absolute Gasteiger partial charge is 0.455 e. The maximum Gasteiger partial charge on any atom is 0.393 e. The zero-order chi connectivity index (χ0) is 19.7. The summed E-state index contributed by atoms with van der Waals surface area (Å²) in [4.78, 5) is 13.7. The summed E-state index contributed by atoms with van der Waals surface area (Å²) in [7, 11) is -3.65. The molecule has 146 valence electrons. The summed E-state index contributed by atoms with van der Waals surface area (Å²) in [5.74, 6) is -2.74. The molecule has 1 aromatic carbocycles. The van der Waals surface area contributed by atoms with Gasteiger partial charge in [0.05, 0.1) is 10.8 Å². The van der Waals surface area contributed by atoms with E-state index in [4.69, 9.17) is 4.42 Å². The quantitative estimate of drug-likeness (QED) is 0.784. The zero-order valence-corrected chi connectivity index (χ0v) is 15.1. The second kappa shape index (κ2) is 7.38. The lowest BCUT2D eigenvalue weighted by atomic mass is 9.97. The monoisotopic (exact) mass is 401 g/mol. The number of hydrogen-bond donors (Lipinski definition) is 0. The summed E-state index contributed by atoms with van der Waals surface area (Å²) >= 11 is 0. The van der Waals surface area contributed by atoms with E-state index in [9.17, 15) is 26.4 Å². The molecule has 1 aliphatic rings. The fourth-order valence-corrected chi connectivity index (χ4v) is 4.32. The lowest BCUT2D eigenvalue weighted by Crippen LogP contribution is -2.44. The Morgan fingerprint density at radius 1 is 1.15 bits per heavy atom. The number of rotatable bonds is 4. The van der Waals surface area contributed by atoms with Crippen molar-refractivity contribution in [2.24, 2.45) is 5.92 Å². The average molecular weight is 401 g/mol. The second-order valence-electron chi connectivity index (χ2n) is 6.47. The summed E-state index contributed by atoms with van der Waals surface area (Å²) in [6.45, 7) is -0.204. The summed E-state index contributed by atoms with van der Waals surface area (Å²) < 4.78 is 68.7. The summed E-state index contributed by atoms with van der Waals surface area (Å²) in [6.07, 6.45) is -4.10. The molecule has 0 aliphatic carbocycles. The molecule has 0 N–H and O–H groups in total. The number of halogens is 3. The first-order valence-electron chi connectivity index (χ1n) is 8.39. The molecule has 3 rings (SSSR count). The number of carbonyl (C=O) groups is 1. The first kappa shape index (κ1) is 19.5. The highest BCUT2D eigenvalue weighted by molar-refractivity contribution is 7.90. The standard InChI is InChI=1S/C18H18F3NO4S/c19-18(20,21)13-5-4-10-22(11-13)17(23)16-9-8-14(26-16)12-27(24,25)15-6-2-1-3-7-15/h1-3,6-9,13H,4-5,10-12H2/t13-/m0/s1. The van der Waals surface area contributed by atoms with E-state index in [1.165, 1.54) is 24.3 Å². The van der Waals surface area contributed by atoms with Crippen molar-refractivity contribution in [2.75, 3.05) is 13.1 Å². The van der Waals surface area contributed by atoms with Crippen LogP contribution in [-0.2, 0) is 15.6 Å². The average Bonchev–Trinajstić information content (AvgIpc) is 3.09. The van der Waals surface area contributed by atoms with Crippen LogP contribution in [0.1, 0.15) is 29.2 Å². The lowest BCUT2D eigenvalue weighted by molar-refractivity contribution is -0.184. The van der Waals surface area contributed by atoms with Crippen molar-refractivity contribution in [3.8, 4) is 0 Å². The van der Waals surface area contributed by atoms with Gasteiger partial charge < -0.3 is 9.32 Å². The maximum absolute atomic E-state index is 12.9. The number of likely N-dealkylation sites (tertiary alicyclic amines) is 1. The molecule has 27 heavy (non-hydrogen) atoms. The van der Waals surface area contributed by atoms with Crippen molar-refractivity contribution in [2.45, 2.75) is 29.7 Å². The van der Waals surface area contributed by atoms with Gasteiger partial charge in [-0.15, -0.1) is 0 Å². The van der Waals surface area contributed by atoms with Crippen molar-refractivity contribution >= 4 is 15.7 Å². The summed E-state index contributed by atoms with van der Waals surface area (Å²) in [5, 5.41) is 0. The predicted molar refractivity (Wildman–Crippen MR) is 90.7 cm³/mol. The predicted octanol–water partition coefficient (Wildman–Crippen LogP) is 3.67. The second-order valence-corrected chi connectivity index (χ2v) is 8.46. The molecule has 5 nitrogen and oxygen atoms in total. The van der Waals surface area contributed by atoms with Crippen LogP contribution in [-0.4, -0.2) is 38.5 Å². The Bertz CT molecular complexity index is 906. The smallest absolute Gasteiger partial charge is 0.393 e. The molecular weight excluding hydrogens is 383 g/mol. The topological polar surface area (TPSA) is 67.6 Å². The van der Waals surface area contributed by atoms with Crippen molar-refractivity contribution in [3.05, 3.63) is 54.0 Å². The van der Waals surface area contributed by atoms with Gasteiger partial charge in [0.15, 0.2) is 15.6 Å². The number of benzene rings is 1. The van der Waals surface area contributed by atoms with Gasteiger partial charge in [-0.1, -0.05) is 18.2 Å². The number of amides is 1. The van der Waals surface area contributed by atoms with Gasteiger partial charge in [-0.05, 0) is 37.1 Å². The van der Waals surface area contributed by atoms with E-state index in [2.05, 4.69) is 0 Å². The molecule has 0 bridgehead atoms. The SMILES string of the molecule is O=C(c1ccc(CS(=O)(=O)c2ccccc2)o1)N1CCC[C@H](C(F)(F)F)C1. The highest BCUT2D eigenvalue weighted by atomic mass is 32.2. The summed E-state index contributed by atoms with van der Waals surface area (Å²) in [6, 6.07) is 10.4. The molecule has 1 saturated heterocycles. The van der Waals surface area contributed by atoms with Crippen LogP contribution in [0, 0.1) is 5.92 Å². The van der Waals surface area contributed by atoms with Crippen LogP contribution in [0.3, 0.4) is 0 Å². The zero-order valence-electron chi connectivity index (χ0n) is 14.3. The Morgan fingerprint density at radius 2 is 1.85 bits per heavy atom. The minimum atomic E-state index is -4.35. The molecular formula is C18H18F3NO4S. The summed E-state index contributed by atoms with van der Waals surface area (Å²) in [5.41, 5.74) is 0. The van der Waals surface area contributed by atoms with Crippen molar-refractivity contribution in [1.29, 1.82) is 0 Å². The molecule has 0 unspecified atom stereocenters. The number of nitrogens with zero attached hydrogens (tertiary/aromatic N) is 1. The third-order valence-corrected chi connectivity index (χ3v) is 6.13. The molecule has 0 radical (unpaired) electrons. The van der Waals surface area contributed by atoms with E-state index in [1.54, 1.807) is 18.2 Å². The minimum Gasteiger partial charge on any atom is -0.455 e. The van der Waals surface area contributed by atoms with Crippen molar-refractivity contribution in [3.63, 3.8) is 0 Å². The third-order valence-electron chi connectivity index (χ3n) is 4.48. The minimum absolute atomic E-state index is 0.00793. The van der Waals surface area contributed by atoms with E-state index in [0.29, 0.717) is 0 Å². The van der Waals surface area contributed by atoms with Gasteiger partial charge in [0.25, 0.3) is 5.91 Å². The van der Waals surface area contributed by atoms with Crippen LogP contribution in [0.25, 0.3) is 0 Å². The molecule has 0 saturated carbocycles. The fraction of sp³-hybridized carbons (Fsp3) is 0.389. The Labute approximate surface area is 154 Å². The number of alkyl halides is 3. The van der Waals surface area contributed by atoms with Gasteiger partial charge in [-0.25, -0.2) is 8.42 Å². The van der Waals surface area contributed by atoms with Crippen LogP contribution in [0.5, 0.6) is 0 Å². The van der Waals surface area contributed by atoms with Gasteiger partial charge >= 0.3 is 6.18 Å². The van der Waals surface area contributed by atoms with Crippen LogP contribution < -0.4 is 0 Å². The Morgan fingerprint density at radius 3 is 2.52 bits per heavy atom. The molecule has 1 fully saturated rings. The molecule has 0 spiro atoms. The number of sulfone groups is 1. The van der Waals surface area contributed by atoms with Gasteiger partial charge in [0.1, 0.15) is 11.5 Å². The van der Waals surface area contributed by atoms with E-state index >= 15 is 0 Å². The molecule has 2 aromatic rings. The first-order chi connectivity index (χ1) is 12.7. The van der Waals surface area contributed by atoms with E-state index in [0.717, 1.165) is 4.90 Å². The highest BCUT2D eigenvalue weighted by Gasteiger charge is 2.43. The molecule has 1 atom stereocenters. The normalized spacial score (nSPS) is 18.5. The fourth-order valence-electron chi connectivity index (χ4n) is 3.05. The van der Waals surface area contributed by atoms with Gasteiger partial charge in [-0.2, -0.15) is 13.2 Å². The Balaban J connectivity index is 1.71. The highest BCUT2D eigenvalue weighted by Crippen LogP contribution is 2.33. The van der Waals surface area contributed by atoms with Crippen LogP contribution in [0.2, 0.25) is 0 Å². The van der Waals surface area contributed by atoms with Gasteiger partial charge in [0.2, 0.25) is 0 Å². The van der Waals surface area contributed by atoms with Crippen LogP contribution in [0.4, 0.5) is 13.2 Å². The van der Waals surface area contributed by atoms with Gasteiger partial charge in [0, 0.05) is 13.1 Å². The molecule has 1 aromatic heterocycles. The van der Waals surface area contributed by atoms with Crippen LogP contribution in [0.15, 0.2) is 51.8 Å². The first-order valence-corrected chi connectivity index (χ1v) is 10.0. The van der Waals surface area contributed by atoms with Crippen LogP contribution >= 0.6 is 0 Å². The van der Waals surface area contributed by atoms with E-state index < -0.39 is 40.1 Å². The molecule has 9 heteroatoms. The Hall–Kier alpha value is -2.29. The molecule has 1 amide bonds. The third kappa shape index (κ3) is 4.52. The number of furan rings is 1. The number of piperidine rings is 1. The molecule has 1 aliphatic heterocycles. The number of hydrogen-bond acceptors (Lipinski definition) is 4. The maximum atomic E-state index is 12.9. The van der Waals surface area contributed by atoms with Crippen molar-refractivity contribution < 1.29 is 30.8 Å². The Kier molecular flexibility index (Phi) is 5.32. The van der Waals surface area contributed by atoms with Gasteiger partial charge in [-0.3, -0.25) is 4.79 Å². The lowest BCUT2D eigenvalue weighted by Gasteiger charge is -2.33. The number of carbonyl (C=O) groups excluding carboxylic acids is 1.